The summed E-state index contributed by atoms with van der Waals surface area (Å²) in [6.45, 7) is 0.582. The Morgan fingerprint density at radius 2 is 2.50 bits per heavy atom. The van der Waals surface area contributed by atoms with Crippen LogP contribution < -0.4 is 0 Å². The Morgan fingerprint density at radius 1 is 1.80 bits per heavy atom. The normalized spacial score (nSPS) is 10.8. The Hall–Kier alpha value is 0.100. The second-order valence-electron chi connectivity index (χ2n) is 2.01. The number of rotatable bonds is 2. The van der Waals surface area contributed by atoms with Crippen molar-refractivity contribution in [2.75, 3.05) is 7.05 Å². The zero-order chi connectivity index (χ0) is 7.56. The molecule has 56 valence electrons. The smallest absolute Gasteiger partial charge is 0.0590 e. The highest BCUT2D eigenvalue weighted by Gasteiger charge is 2.01. The highest BCUT2D eigenvalue weighted by Crippen LogP contribution is 2.23. The summed E-state index contributed by atoms with van der Waals surface area (Å²) in [6, 6.07) is 1.98. The standard InChI is InChI=1S/C6H8BrNOS/c1-8(9)4-6-5(7)2-3-10-6/h2-3,9H,4H2,1H3. The molecule has 2 nitrogen and oxygen atoms in total. The first-order chi connectivity index (χ1) is 4.70. The molecule has 0 atom stereocenters. The fraction of sp³-hybridized carbons (Fsp3) is 0.333. The molecule has 1 rings (SSSR count). The lowest BCUT2D eigenvalue weighted by molar-refractivity contribution is -0.0724. The maximum Gasteiger partial charge on any atom is 0.0590 e. The van der Waals surface area contributed by atoms with E-state index in [9.17, 15) is 0 Å². The highest BCUT2D eigenvalue weighted by molar-refractivity contribution is 9.10. The van der Waals surface area contributed by atoms with Crippen molar-refractivity contribution >= 4 is 27.3 Å². The Kier molecular flexibility index (Phi) is 2.85. The van der Waals surface area contributed by atoms with Crippen LogP contribution in [0.1, 0.15) is 4.88 Å². The second-order valence-corrected chi connectivity index (χ2v) is 3.86. The number of hydrogen-bond donors (Lipinski definition) is 1. The molecule has 0 aliphatic carbocycles. The molecule has 1 aromatic heterocycles. The molecule has 0 aromatic carbocycles. The minimum atomic E-state index is 0.582. The zero-order valence-corrected chi connectivity index (χ0v) is 7.94. The summed E-state index contributed by atoms with van der Waals surface area (Å²) >= 11 is 5.00. The first-order valence-corrected chi connectivity index (χ1v) is 4.49. The van der Waals surface area contributed by atoms with E-state index < -0.39 is 0 Å². The first kappa shape index (κ1) is 8.20. The Bertz CT molecular complexity index is 211. The van der Waals surface area contributed by atoms with Gasteiger partial charge in [-0.25, -0.2) is 0 Å². The van der Waals surface area contributed by atoms with Crippen molar-refractivity contribution < 1.29 is 5.21 Å². The topological polar surface area (TPSA) is 23.5 Å². The van der Waals surface area contributed by atoms with Crippen LogP contribution >= 0.6 is 27.3 Å². The molecule has 0 radical (unpaired) electrons. The van der Waals surface area contributed by atoms with Crippen LogP contribution in [0.2, 0.25) is 0 Å². The van der Waals surface area contributed by atoms with Crippen molar-refractivity contribution in [1.82, 2.24) is 5.06 Å². The van der Waals surface area contributed by atoms with E-state index in [0.29, 0.717) is 6.54 Å². The molecule has 1 N–H and O–H groups in total. The number of hydrogen-bond acceptors (Lipinski definition) is 3. The molecule has 4 heteroatoms. The van der Waals surface area contributed by atoms with E-state index >= 15 is 0 Å². The third-order valence-corrected chi connectivity index (χ3v) is 2.97. The lowest BCUT2D eigenvalue weighted by Gasteiger charge is -2.05. The number of nitrogens with zero attached hydrogens (tertiary/aromatic N) is 1. The van der Waals surface area contributed by atoms with Gasteiger partial charge in [-0.15, -0.1) is 11.3 Å². The molecule has 10 heavy (non-hydrogen) atoms. The van der Waals surface area contributed by atoms with Gasteiger partial charge in [0.2, 0.25) is 0 Å². The average Bonchev–Trinajstić information content (AvgIpc) is 2.15. The van der Waals surface area contributed by atoms with Gasteiger partial charge in [0.25, 0.3) is 0 Å². The minimum absolute atomic E-state index is 0.582. The van der Waals surface area contributed by atoms with E-state index in [1.165, 1.54) is 0 Å². The van der Waals surface area contributed by atoms with Gasteiger partial charge in [-0.05, 0) is 27.4 Å². The van der Waals surface area contributed by atoms with E-state index in [2.05, 4.69) is 15.9 Å². The Morgan fingerprint density at radius 3 is 2.90 bits per heavy atom. The lowest BCUT2D eigenvalue weighted by atomic mass is 10.5. The van der Waals surface area contributed by atoms with Crippen molar-refractivity contribution in [2.45, 2.75) is 6.54 Å². The third kappa shape index (κ3) is 2.05. The summed E-state index contributed by atoms with van der Waals surface area (Å²) in [5.74, 6) is 0. The van der Waals surface area contributed by atoms with Gasteiger partial charge >= 0.3 is 0 Å². The predicted octanol–water partition coefficient (Wildman–Crippen LogP) is 2.33. The van der Waals surface area contributed by atoms with Crippen molar-refractivity contribution in [2.24, 2.45) is 0 Å². The minimum Gasteiger partial charge on any atom is -0.314 e. The maximum atomic E-state index is 8.87. The molecule has 0 aliphatic heterocycles. The number of hydroxylamine groups is 2. The summed E-state index contributed by atoms with van der Waals surface area (Å²) in [6.07, 6.45) is 0. The van der Waals surface area contributed by atoms with Gasteiger partial charge in [-0.1, -0.05) is 0 Å². The van der Waals surface area contributed by atoms with Gasteiger partial charge in [0.05, 0.1) is 6.54 Å². The zero-order valence-electron chi connectivity index (χ0n) is 5.54. The van der Waals surface area contributed by atoms with Crippen molar-refractivity contribution in [1.29, 1.82) is 0 Å². The molecule has 1 heterocycles. The van der Waals surface area contributed by atoms with E-state index in [-0.39, 0.29) is 0 Å². The quantitative estimate of drug-likeness (QED) is 0.776. The summed E-state index contributed by atoms with van der Waals surface area (Å²) in [5, 5.41) is 12.0. The number of halogens is 1. The van der Waals surface area contributed by atoms with Gasteiger partial charge in [0.1, 0.15) is 0 Å². The number of thiophene rings is 1. The molecule has 0 bridgehead atoms. The van der Waals surface area contributed by atoms with E-state index in [0.717, 1.165) is 14.4 Å². The van der Waals surface area contributed by atoms with E-state index in [4.69, 9.17) is 5.21 Å². The van der Waals surface area contributed by atoms with Gasteiger partial charge in [-0.2, -0.15) is 5.06 Å². The molecule has 0 amide bonds. The highest BCUT2D eigenvalue weighted by atomic mass is 79.9. The van der Waals surface area contributed by atoms with Gasteiger partial charge in [0, 0.05) is 16.4 Å². The van der Waals surface area contributed by atoms with Crippen LogP contribution in [0.3, 0.4) is 0 Å². The fourth-order valence-corrected chi connectivity index (χ4v) is 2.17. The molecule has 0 unspecified atom stereocenters. The fourth-order valence-electron chi connectivity index (χ4n) is 0.646. The predicted molar refractivity (Wildman–Crippen MR) is 45.3 cm³/mol. The summed E-state index contributed by atoms with van der Waals surface area (Å²) in [5.41, 5.74) is 0. The summed E-state index contributed by atoms with van der Waals surface area (Å²) < 4.78 is 1.07. The van der Waals surface area contributed by atoms with Crippen molar-refractivity contribution in [3.63, 3.8) is 0 Å². The molecule has 0 aliphatic rings. The summed E-state index contributed by atoms with van der Waals surface area (Å²) in [4.78, 5) is 1.14. The van der Waals surface area contributed by atoms with Crippen LogP contribution in [0.4, 0.5) is 0 Å². The van der Waals surface area contributed by atoms with Gasteiger partial charge in [-0.3, -0.25) is 0 Å². The van der Waals surface area contributed by atoms with Crippen LogP contribution in [0.25, 0.3) is 0 Å². The van der Waals surface area contributed by atoms with Crippen molar-refractivity contribution in [3.05, 3.63) is 20.8 Å². The van der Waals surface area contributed by atoms with Crippen LogP contribution in [0.5, 0.6) is 0 Å². The third-order valence-electron chi connectivity index (χ3n) is 1.06. The molecule has 0 spiro atoms. The van der Waals surface area contributed by atoms with Crippen molar-refractivity contribution in [3.8, 4) is 0 Å². The molecule has 0 fully saturated rings. The summed E-state index contributed by atoms with van der Waals surface area (Å²) in [7, 11) is 1.63. The van der Waals surface area contributed by atoms with Crippen LogP contribution in [-0.2, 0) is 6.54 Å². The monoisotopic (exact) mass is 221 g/mol. The van der Waals surface area contributed by atoms with E-state index in [1.807, 2.05) is 11.4 Å². The molecule has 0 saturated carbocycles. The second kappa shape index (κ2) is 3.48. The Balaban J connectivity index is 2.65. The average molecular weight is 222 g/mol. The van der Waals surface area contributed by atoms with Crippen LogP contribution in [0.15, 0.2) is 15.9 Å². The van der Waals surface area contributed by atoms with Crippen LogP contribution in [0, 0.1) is 0 Å². The maximum absolute atomic E-state index is 8.87. The molecule has 1 aromatic rings. The molecule has 0 saturated heterocycles. The molecular formula is C6H8BrNOS. The Labute approximate surface area is 72.2 Å². The largest absolute Gasteiger partial charge is 0.314 e. The first-order valence-electron chi connectivity index (χ1n) is 2.82. The molecular weight excluding hydrogens is 214 g/mol. The SMILES string of the molecule is CN(O)Cc1sccc1Br. The van der Waals surface area contributed by atoms with Crippen LogP contribution in [-0.4, -0.2) is 17.3 Å². The lowest BCUT2D eigenvalue weighted by Crippen LogP contribution is -2.10. The van der Waals surface area contributed by atoms with Gasteiger partial charge < -0.3 is 5.21 Å². The van der Waals surface area contributed by atoms with Gasteiger partial charge in [0.15, 0.2) is 0 Å². The van der Waals surface area contributed by atoms with E-state index in [1.54, 1.807) is 18.4 Å².